The van der Waals surface area contributed by atoms with Gasteiger partial charge in [0.05, 0.1) is 11.1 Å². The molecule has 1 unspecified atom stereocenters. The van der Waals surface area contributed by atoms with Gasteiger partial charge in [0, 0.05) is 16.6 Å². The highest BCUT2D eigenvalue weighted by molar-refractivity contribution is 7.99. The molecule has 164 valence electrons. The summed E-state index contributed by atoms with van der Waals surface area (Å²) in [5, 5.41) is 3.98. The largest absolute Gasteiger partial charge is 0.486 e. The third kappa shape index (κ3) is 4.88. The van der Waals surface area contributed by atoms with E-state index >= 15 is 0 Å². The number of amides is 1. The fraction of sp³-hybridized carbons (Fsp3) is 0.409. The van der Waals surface area contributed by atoms with Crippen molar-refractivity contribution >= 4 is 44.9 Å². The highest BCUT2D eigenvalue weighted by atomic mass is 32.2. The molecule has 0 aliphatic carbocycles. The van der Waals surface area contributed by atoms with Gasteiger partial charge >= 0.3 is 0 Å². The molecule has 3 aromatic rings. The van der Waals surface area contributed by atoms with Gasteiger partial charge in [-0.25, -0.2) is 4.98 Å². The van der Waals surface area contributed by atoms with Crippen LogP contribution in [0.5, 0.6) is 11.5 Å². The van der Waals surface area contributed by atoms with Crippen molar-refractivity contribution in [2.45, 2.75) is 38.8 Å². The predicted molar refractivity (Wildman–Crippen MR) is 125 cm³/mol. The minimum Gasteiger partial charge on any atom is -0.486 e. The molecule has 1 aromatic carbocycles. The molecule has 1 aliphatic rings. The number of rotatable bonds is 7. The Bertz CT molecular complexity index is 1170. The Morgan fingerprint density at radius 2 is 2.10 bits per heavy atom. The van der Waals surface area contributed by atoms with Crippen LogP contribution in [0.1, 0.15) is 30.7 Å². The van der Waals surface area contributed by atoms with Gasteiger partial charge in [-0.1, -0.05) is 32.0 Å². The van der Waals surface area contributed by atoms with E-state index in [4.69, 9.17) is 9.47 Å². The van der Waals surface area contributed by atoms with E-state index in [0.29, 0.717) is 46.9 Å². The lowest BCUT2D eigenvalue weighted by Gasteiger charge is -2.18. The normalized spacial score (nSPS) is 13.9. The molecule has 0 bridgehead atoms. The van der Waals surface area contributed by atoms with Crippen molar-refractivity contribution in [1.82, 2.24) is 9.97 Å². The SMILES string of the molecule is CCC(C)Cc1c(C)sc2nc(SCC(=O)Nc3ccc4c(c3)OCCO4)[nH]c(=O)c12. The zero-order chi connectivity index (χ0) is 22.0. The van der Waals surface area contributed by atoms with E-state index in [2.05, 4.69) is 29.1 Å². The van der Waals surface area contributed by atoms with Gasteiger partial charge in [-0.05, 0) is 37.0 Å². The molecule has 1 atom stereocenters. The number of carbonyl (C=O) groups is 1. The highest BCUT2D eigenvalue weighted by Crippen LogP contribution is 2.33. The number of nitrogens with zero attached hydrogens (tertiary/aromatic N) is 1. The van der Waals surface area contributed by atoms with E-state index in [1.54, 1.807) is 18.2 Å². The van der Waals surface area contributed by atoms with Crippen molar-refractivity contribution < 1.29 is 14.3 Å². The van der Waals surface area contributed by atoms with Crippen LogP contribution >= 0.6 is 23.1 Å². The molecular weight excluding hydrogens is 434 g/mol. The van der Waals surface area contributed by atoms with Crippen molar-refractivity contribution in [3.63, 3.8) is 0 Å². The average Bonchev–Trinajstić information content (AvgIpc) is 3.07. The average molecular weight is 460 g/mol. The number of benzene rings is 1. The maximum atomic E-state index is 12.7. The maximum absolute atomic E-state index is 12.7. The number of nitrogens with one attached hydrogen (secondary N) is 2. The number of aromatic amines is 1. The summed E-state index contributed by atoms with van der Waals surface area (Å²) in [6, 6.07) is 5.30. The molecule has 9 heteroatoms. The first-order valence-electron chi connectivity index (χ1n) is 10.3. The number of ether oxygens (including phenoxy) is 2. The molecule has 1 amide bonds. The molecule has 2 N–H and O–H groups in total. The van der Waals surface area contributed by atoms with Crippen LogP contribution in [0.15, 0.2) is 28.2 Å². The molecule has 2 aromatic heterocycles. The highest BCUT2D eigenvalue weighted by Gasteiger charge is 2.18. The first-order valence-corrected chi connectivity index (χ1v) is 12.1. The second kappa shape index (κ2) is 9.32. The Labute approximate surface area is 188 Å². The number of aryl methyl sites for hydroxylation is 1. The minimum absolute atomic E-state index is 0.132. The van der Waals surface area contributed by atoms with Gasteiger partial charge in [-0.15, -0.1) is 11.3 Å². The van der Waals surface area contributed by atoms with Crippen LogP contribution in [0.3, 0.4) is 0 Å². The number of anilines is 1. The summed E-state index contributed by atoms with van der Waals surface area (Å²) in [4.78, 5) is 34.4. The van der Waals surface area contributed by atoms with Crippen LogP contribution in [-0.2, 0) is 11.2 Å². The number of hydrogen-bond donors (Lipinski definition) is 2. The minimum atomic E-state index is -0.191. The van der Waals surface area contributed by atoms with Crippen LogP contribution in [0, 0.1) is 12.8 Å². The first kappa shape index (κ1) is 21.7. The van der Waals surface area contributed by atoms with Gasteiger partial charge in [-0.2, -0.15) is 0 Å². The molecule has 0 fully saturated rings. The summed E-state index contributed by atoms with van der Waals surface area (Å²) in [7, 11) is 0. The summed E-state index contributed by atoms with van der Waals surface area (Å²) >= 11 is 2.75. The van der Waals surface area contributed by atoms with Crippen molar-refractivity contribution in [1.29, 1.82) is 0 Å². The van der Waals surface area contributed by atoms with Crippen molar-refractivity contribution in [3.05, 3.63) is 39.0 Å². The number of thiophene rings is 1. The zero-order valence-electron chi connectivity index (χ0n) is 17.7. The lowest BCUT2D eigenvalue weighted by molar-refractivity contribution is -0.113. The fourth-order valence-electron chi connectivity index (χ4n) is 3.41. The Hall–Kier alpha value is -2.52. The van der Waals surface area contributed by atoms with Crippen molar-refractivity contribution in [2.24, 2.45) is 5.92 Å². The van der Waals surface area contributed by atoms with E-state index < -0.39 is 0 Å². The van der Waals surface area contributed by atoms with Crippen LogP contribution in [0.25, 0.3) is 10.2 Å². The van der Waals surface area contributed by atoms with Crippen LogP contribution in [0.4, 0.5) is 5.69 Å². The number of hydrogen-bond acceptors (Lipinski definition) is 7. The molecular formula is C22H25N3O4S2. The van der Waals surface area contributed by atoms with Gasteiger partial charge in [0.2, 0.25) is 5.91 Å². The van der Waals surface area contributed by atoms with E-state index in [0.717, 1.165) is 28.1 Å². The summed E-state index contributed by atoms with van der Waals surface area (Å²) < 4.78 is 11.0. The Morgan fingerprint density at radius 3 is 2.87 bits per heavy atom. The molecule has 7 nitrogen and oxygen atoms in total. The topological polar surface area (TPSA) is 93.3 Å². The Balaban J connectivity index is 1.44. The smallest absolute Gasteiger partial charge is 0.260 e. The van der Waals surface area contributed by atoms with E-state index in [1.807, 2.05) is 6.92 Å². The van der Waals surface area contributed by atoms with Gasteiger partial charge in [0.15, 0.2) is 16.7 Å². The molecule has 0 radical (unpaired) electrons. The molecule has 0 spiro atoms. The maximum Gasteiger partial charge on any atom is 0.260 e. The van der Waals surface area contributed by atoms with E-state index in [1.165, 1.54) is 23.1 Å². The van der Waals surface area contributed by atoms with Gasteiger partial charge in [-0.3, -0.25) is 9.59 Å². The molecule has 4 rings (SSSR count). The zero-order valence-corrected chi connectivity index (χ0v) is 19.4. The number of fused-ring (bicyclic) bond motifs is 2. The van der Waals surface area contributed by atoms with Crippen molar-refractivity contribution in [3.8, 4) is 11.5 Å². The monoisotopic (exact) mass is 459 g/mol. The number of thioether (sulfide) groups is 1. The molecule has 0 saturated carbocycles. The quantitative estimate of drug-likeness (QED) is 0.402. The fourth-order valence-corrected chi connectivity index (χ4v) is 5.19. The third-order valence-corrected chi connectivity index (χ3v) is 7.17. The third-order valence-electron chi connectivity index (χ3n) is 5.26. The van der Waals surface area contributed by atoms with Gasteiger partial charge in [0.1, 0.15) is 18.0 Å². The first-order chi connectivity index (χ1) is 14.9. The van der Waals surface area contributed by atoms with Crippen LogP contribution in [0.2, 0.25) is 0 Å². The summed E-state index contributed by atoms with van der Waals surface area (Å²) in [5.74, 6) is 1.74. The van der Waals surface area contributed by atoms with E-state index in [9.17, 15) is 9.59 Å². The Morgan fingerprint density at radius 1 is 1.32 bits per heavy atom. The predicted octanol–water partition coefficient (Wildman–Crippen LogP) is 4.38. The lowest BCUT2D eigenvalue weighted by Crippen LogP contribution is -2.17. The summed E-state index contributed by atoms with van der Waals surface area (Å²) in [6.45, 7) is 7.39. The van der Waals surface area contributed by atoms with Crippen LogP contribution < -0.4 is 20.3 Å². The molecule has 1 aliphatic heterocycles. The second-order valence-electron chi connectivity index (χ2n) is 7.60. The van der Waals surface area contributed by atoms with E-state index in [-0.39, 0.29) is 17.2 Å². The van der Waals surface area contributed by atoms with Gasteiger partial charge < -0.3 is 19.8 Å². The molecule has 31 heavy (non-hydrogen) atoms. The van der Waals surface area contributed by atoms with Crippen LogP contribution in [-0.4, -0.2) is 34.8 Å². The lowest BCUT2D eigenvalue weighted by atomic mass is 9.98. The summed E-state index contributed by atoms with van der Waals surface area (Å²) in [5.41, 5.74) is 1.59. The van der Waals surface area contributed by atoms with Gasteiger partial charge in [0.25, 0.3) is 5.56 Å². The molecule has 0 saturated heterocycles. The van der Waals surface area contributed by atoms with Crippen molar-refractivity contribution in [2.75, 3.05) is 24.3 Å². The number of aromatic nitrogens is 2. The summed E-state index contributed by atoms with van der Waals surface area (Å²) in [6.07, 6.45) is 1.94. The number of H-pyrrole nitrogens is 1. The second-order valence-corrected chi connectivity index (χ2v) is 9.77. The molecule has 3 heterocycles. The number of carbonyl (C=O) groups excluding carboxylic acids is 1. The Kier molecular flexibility index (Phi) is 6.52. The standard InChI is InChI=1S/C22H25N3O4S2/c1-4-12(2)9-15-13(3)31-21-19(15)20(27)24-22(25-21)30-11-18(26)23-14-5-6-16-17(10-14)29-8-7-28-16/h5-6,10,12H,4,7-9,11H2,1-3H3,(H,23,26)(H,24,25,27).